The number of hydrogen-bond donors (Lipinski definition) is 2. The third-order valence-electron chi connectivity index (χ3n) is 2.65. The molecular weight excluding hydrogens is 219 g/mol. The molecule has 0 spiro atoms. The highest BCUT2D eigenvalue weighted by Gasteiger charge is 2.14. The van der Waals surface area contributed by atoms with Gasteiger partial charge < -0.3 is 10.1 Å². The molecule has 3 aromatic rings. The van der Waals surface area contributed by atoms with Crippen LogP contribution in [0.2, 0.25) is 0 Å². The lowest BCUT2D eigenvalue weighted by atomic mass is 10.0. The van der Waals surface area contributed by atoms with Crippen molar-refractivity contribution in [2.24, 2.45) is 0 Å². The van der Waals surface area contributed by atoms with Gasteiger partial charge in [-0.05, 0) is 30.3 Å². The van der Waals surface area contributed by atoms with E-state index in [4.69, 9.17) is 0 Å². The number of nitrogens with one attached hydrogen (secondary N) is 1. The molecule has 0 atom stereocenters. The molecule has 0 fully saturated rings. The first-order valence-electron chi connectivity index (χ1n) is 5.08. The lowest BCUT2D eigenvalue weighted by molar-refractivity contribution is 0.472. The summed E-state index contributed by atoms with van der Waals surface area (Å²) in [5.41, 5.74) is 1.43. The van der Waals surface area contributed by atoms with Crippen molar-refractivity contribution < 1.29 is 9.50 Å². The van der Waals surface area contributed by atoms with Crippen molar-refractivity contribution in [3.63, 3.8) is 0 Å². The monoisotopic (exact) mass is 227 g/mol. The van der Waals surface area contributed by atoms with E-state index in [1.165, 1.54) is 12.1 Å². The summed E-state index contributed by atoms with van der Waals surface area (Å²) in [6.45, 7) is 0. The molecular formula is C13H8FN2O. The van der Waals surface area contributed by atoms with Gasteiger partial charge in [-0.2, -0.15) is 0 Å². The molecule has 0 saturated carbocycles. The predicted molar refractivity (Wildman–Crippen MR) is 62.0 cm³/mol. The molecule has 0 bridgehead atoms. The molecule has 0 saturated heterocycles. The summed E-state index contributed by atoms with van der Waals surface area (Å²) >= 11 is 0. The molecule has 2 N–H and O–H groups in total. The van der Waals surface area contributed by atoms with Gasteiger partial charge in [-0.3, -0.25) is 0 Å². The summed E-state index contributed by atoms with van der Waals surface area (Å²) in [5, 5.41) is 10.5. The molecule has 3 nitrogen and oxygen atoms in total. The molecule has 1 radical (unpaired) electrons. The number of phenolic OH excluding ortho intramolecular Hbond substituents is 1. The third kappa shape index (κ3) is 1.45. The van der Waals surface area contributed by atoms with Crippen LogP contribution in [0.5, 0.6) is 5.75 Å². The number of aromatic hydroxyl groups is 1. The Labute approximate surface area is 96.6 Å². The SMILES string of the molecule is Oc1c[c]cc(F)c1-c1c[nH]c2ncccc12. The number of rotatable bonds is 1. The number of benzene rings is 1. The van der Waals surface area contributed by atoms with Crippen LogP contribution in [0.3, 0.4) is 0 Å². The van der Waals surface area contributed by atoms with E-state index in [1.807, 2.05) is 6.07 Å². The fraction of sp³-hybridized carbons (Fsp3) is 0. The molecule has 0 amide bonds. The Morgan fingerprint density at radius 1 is 1.35 bits per heavy atom. The highest BCUT2D eigenvalue weighted by atomic mass is 19.1. The summed E-state index contributed by atoms with van der Waals surface area (Å²) in [5.74, 6) is -0.635. The minimum absolute atomic E-state index is 0.130. The van der Waals surface area contributed by atoms with E-state index in [1.54, 1.807) is 18.5 Å². The van der Waals surface area contributed by atoms with Gasteiger partial charge in [0.1, 0.15) is 17.2 Å². The number of aromatic nitrogens is 2. The van der Waals surface area contributed by atoms with Gasteiger partial charge in [0.15, 0.2) is 0 Å². The van der Waals surface area contributed by atoms with Crippen LogP contribution in [-0.2, 0) is 0 Å². The normalized spacial score (nSPS) is 10.9. The van der Waals surface area contributed by atoms with E-state index in [0.717, 1.165) is 5.39 Å². The van der Waals surface area contributed by atoms with Gasteiger partial charge >= 0.3 is 0 Å². The Balaban J connectivity index is 2.35. The quantitative estimate of drug-likeness (QED) is 0.671. The first kappa shape index (κ1) is 9.84. The van der Waals surface area contributed by atoms with Crippen LogP contribution in [0.4, 0.5) is 4.39 Å². The van der Waals surface area contributed by atoms with E-state index < -0.39 is 5.82 Å². The maximum Gasteiger partial charge on any atom is 0.137 e. The molecule has 3 rings (SSSR count). The van der Waals surface area contributed by atoms with Crippen molar-refractivity contribution in [1.82, 2.24) is 9.97 Å². The van der Waals surface area contributed by atoms with Gasteiger partial charge in [0, 0.05) is 23.3 Å². The number of phenols is 1. The van der Waals surface area contributed by atoms with Crippen molar-refractivity contribution in [2.75, 3.05) is 0 Å². The van der Waals surface area contributed by atoms with E-state index in [2.05, 4.69) is 16.0 Å². The topological polar surface area (TPSA) is 48.9 Å². The number of pyridine rings is 1. The summed E-state index contributed by atoms with van der Waals surface area (Å²) in [7, 11) is 0. The van der Waals surface area contributed by atoms with Crippen molar-refractivity contribution in [2.45, 2.75) is 0 Å². The molecule has 17 heavy (non-hydrogen) atoms. The van der Waals surface area contributed by atoms with Gasteiger partial charge in [-0.15, -0.1) is 0 Å². The second-order valence-corrected chi connectivity index (χ2v) is 3.67. The largest absolute Gasteiger partial charge is 0.507 e. The zero-order valence-corrected chi connectivity index (χ0v) is 8.74. The second-order valence-electron chi connectivity index (χ2n) is 3.67. The van der Waals surface area contributed by atoms with Crippen LogP contribution in [0.1, 0.15) is 0 Å². The zero-order chi connectivity index (χ0) is 11.8. The fourth-order valence-electron chi connectivity index (χ4n) is 1.89. The third-order valence-corrected chi connectivity index (χ3v) is 2.65. The Hall–Kier alpha value is -2.36. The molecule has 0 aliphatic heterocycles. The number of H-pyrrole nitrogens is 1. The average Bonchev–Trinajstić information content (AvgIpc) is 2.73. The molecule has 0 aliphatic rings. The average molecular weight is 227 g/mol. The molecule has 0 aliphatic carbocycles. The van der Waals surface area contributed by atoms with Crippen molar-refractivity contribution in [3.05, 3.63) is 48.5 Å². The first-order valence-corrected chi connectivity index (χ1v) is 5.08. The lowest BCUT2D eigenvalue weighted by Crippen LogP contribution is -1.84. The Bertz CT molecular complexity index is 670. The summed E-state index contributed by atoms with van der Waals surface area (Å²) in [6.07, 6.45) is 3.29. The van der Waals surface area contributed by atoms with Gasteiger partial charge in [0.05, 0.1) is 5.56 Å². The molecule has 0 unspecified atom stereocenters. The predicted octanol–water partition coefficient (Wildman–Crippen LogP) is 2.87. The zero-order valence-electron chi connectivity index (χ0n) is 8.74. The van der Waals surface area contributed by atoms with Gasteiger partial charge in [-0.1, -0.05) is 0 Å². The first-order chi connectivity index (χ1) is 8.27. The van der Waals surface area contributed by atoms with Crippen LogP contribution in [0.25, 0.3) is 22.2 Å². The van der Waals surface area contributed by atoms with Crippen molar-refractivity contribution in [3.8, 4) is 16.9 Å². The molecule has 1 aromatic carbocycles. The van der Waals surface area contributed by atoms with Crippen LogP contribution in [0.15, 0.2) is 36.7 Å². The van der Waals surface area contributed by atoms with Crippen molar-refractivity contribution >= 4 is 11.0 Å². The minimum atomic E-state index is -0.505. The highest BCUT2D eigenvalue weighted by molar-refractivity contribution is 5.95. The summed E-state index contributed by atoms with van der Waals surface area (Å²) in [6, 6.07) is 8.66. The van der Waals surface area contributed by atoms with E-state index in [0.29, 0.717) is 11.2 Å². The van der Waals surface area contributed by atoms with E-state index in [-0.39, 0.29) is 11.3 Å². The summed E-state index contributed by atoms with van der Waals surface area (Å²) < 4.78 is 13.7. The Kier molecular flexibility index (Phi) is 2.08. The van der Waals surface area contributed by atoms with E-state index in [9.17, 15) is 9.50 Å². The van der Waals surface area contributed by atoms with Gasteiger partial charge in [-0.25, -0.2) is 9.37 Å². The standard InChI is InChI=1S/C13H8FN2O/c14-10-4-1-5-11(17)12(10)9-7-16-13-8(9)3-2-6-15-13/h2-7,17H,(H,15,16). The number of aromatic amines is 1. The minimum Gasteiger partial charge on any atom is -0.507 e. The maximum atomic E-state index is 13.7. The number of nitrogens with zero attached hydrogens (tertiary/aromatic N) is 1. The second kappa shape index (κ2) is 3.59. The smallest absolute Gasteiger partial charge is 0.137 e. The number of halogens is 1. The number of hydrogen-bond acceptors (Lipinski definition) is 2. The highest BCUT2D eigenvalue weighted by Crippen LogP contribution is 2.35. The molecule has 2 heterocycles. The maximum absolute atomic E-state index is 13.7. The fourth-order valence-corrected chi connectivity index (χ4v) is 1.89. The van der Waals surface area contributed by atoms with Crippen LogP contribution in [-0.4, -0.2) is 15.1 Å². The Morgan fingerprint density at radius 3 is 3.06 bits per heavy atom. The van der Waals surface area contributed by atoms with Crippen molar-refractivity contribution in [1.29, 1.82) is 0 Å². The molecule has 83 valence electrons. The lowest BCUT2D eigenvalue weighted by Gasteiger charge is -2.03. The summed E-state index contributed by atoms with van der Waals surface area (Å²) in [4.78, 5) is 7.06. The Morgan fingerprint density at radius 2 is 2.24 bits per heavy atom. The van der Waals surface area contributed by atoms with Crippen LogP contribution in [0, 0.1) is 11.9 Å². The van der Waals surface area contributed by atoms with Crippen LogP contribution >= 0.6 is 0 Å². The number of fused-ring (bicyclic) bond motifs is 1. The van der Waals surface area contributed by atoms with Gasteiger partial charge in [0.25, 0.3) is 0 Å². The van der Waals surface area contributed by atoms with E-state index >= 15 is 0 Å². The molecule has 2 aromatic heterocycles. The van der Waals surface area contributed by atoms with Crippen LogP contribution < -0.4 is 0 Å². The molecule has 4 heteroatoms. The van der Waals surface area contributed by atoms with Gasteiger partial charge in [0.2, 0.25) is 0 Å².